The fraction of sp³-hybridized carbons (Fsp3) is 0.533. The SMILES string of the molecule is CCC(C)NC(=O)c1cccc(S(=O)(=O)NCCN(C)C)c1. The Labute approximate surface area is 132 Å². The van der Waals surface area contributed by atoms with Gasteiger partial charge in [-0.25, -0.2) is 13.1 Å². The van der Waals surface area contributed by atoms with Crippen molar-refractivity contribution < 1.29 is 13.2 Å². The van der Waals surface area contributed by atoms with Crippen LogP contribution in [-0.4, -0.2) is 52.5 Å². The molecule has 1 unspecified atom stereocenters. The third-order valence-corrected chi connectivity index (χ3v) is 4.71. The van der Waals surface area contributed by atoms with E-state index in [1.165, 1.54) is 12.1 Å². The van der Waals surface area contributed by atoms with Crippen LogP contribution in [0.5, 0.6) is 0 Å². The van der Waals surface area contributed by atoms with Gasteiger partial charge in [0.1, 0.15) is 0 Å². The molecule has 0 aliphatic carbocycles. The first-order chi connectivity index (χ1) is 10.3. The summed E-state index contributed by atoms with van der Waals surface area (Å²) in [5.41, 5.74) is 0.343. The van der Waals surface area contributed by atoms with Crippen LogP contribution in [-0.2, 0) is 10.0 Å². The second-order valence-corrected chi connectivity index (χ2v) is 7.28. The smallest absolute Gasteiger partial charge is 0.251 e. The van der Waals surface area contributed by atoms with Gasteiger partial charge in [0.2, 0.25) is 10.0 Å². The van der Waals surface area contributed by atoms with Gasteiger partial charge in [-0.05, 0) is 45.6 Å². The lowest BCUT2D eigenvalue weighted by Gasteiger charge is -2.13. The summed E-state index contributed by atoms with van der Waals surface area (Å²) < 4.78 is 26.9. The zero-order valence-electron chi connectivity index (χ0n) is 13.6. The van der Waals surface area contributed by atoms with Crippen LogP contribution in [0.25, 0.3) is 0 Å². The van der Waals surface area contributed by atoms with Crippen LogP contribution in [0.15, 0.2) is 29.2 Å². The van der Waals surface area contributed by atoms with Gasteiger partial charge in [0.05, 0.1) is 4.90 Å². The molecule has 0 aliphatic heterocycles. The van der Waals surface area contributed by atoms with E-state index in [1.54, 1.807) is 12.1 Å². The molecule has 7 heteroatoms. The Hall–Kier alpha value is -1.44. The normalized spacial score (nSPS) is 13.1. The van der Waals surface area contributed by atoms with E-state index in [2.05, 4.69) is 10.0 Å². The Kier molecular flexibility index (Phi) is 6.99. The Balaban J connectivity index is 2.84. The molecule has 0 bridgehead atoms. The second-order valence-electron chi connectivity index (χ2n) is 5.51. The van der Waals surface area contributed by atoms with Crippen molar-refractivity contribution in [2.75, 3.05) is 27.2 Å². The van der Waals surface area contributed by atoms with Gasteiger partial charge in [-0.1, -0.05) is 13.0 Å². The Morgan fingerprint density at radius 3 is 2.59 bits per heavy atom. The van der Waals surface area contributed by atoms with Gasteiger partial charge >= 0.3 is 0 Å². The quantitative estimate of drug-likeness (QED) is 0.748. The monoisotopic (exact) mass is 327 g/mol. The molecular formula is C15H25N3O3S. The number of rotatable bonds is 8. The van der Waals surface area contributed by atoms with Crippen molar-refractivity contribution in [3.63, 3.8) is 0 Å². The molecule has 1 aromatic rings. The van der Waals surface area contributed by atoms with Gasteiger partial charge in [0.25, 0.3) is 5.91 Å². The van der Waals surface area contributed by atoms with E-state index >= 15 is 0 Å². The average molecular weight is 327 g/mol. The van der Waals surface area contributed by atoms with E-state index in [1.807, 2.05) is 32.8 Å². The first-order valence-corrected chi connectivity index (χ1v) is 8.80. The lowest BCUT2D eigenvalue weighted by molar-refractivity contribution is 0.0939. The Bertz CT molecular complexity index is 600. The molecule has 1 aromatic carbocycles. The number of carbonyl (C=O) groups excluding carboxylic acids is 1. The molecule has 0 saturated heterocycles. The first kappa shape index (κ1) is 18.6. The van der Waals surface area contributed by atoms with Gasteiger partial charge in [-0.2, -0.15) is 0 Å². The highest BCUT2D eigenvalue weighted by molar-refractivity contribution is 7.89. The van der Waals surface area contributed by atoms with Crippen LogP contribution in [0.2, 0.25) is 0 Å². The van der Waals surface area contributed by atoms with E-state index in [9.17, 15) is 13.2 Å². The van der Waals surface area contributed by atoms with Crippen LogP contribution >= 0.6 is 0 Å². The number of hydrogen-bond donors (Lipinski definition) is 2. The maximum absolute atomic E-state index is 12.2. The van der Waals surface area contributed by atoms with Crippen LogP contribution in [0, 0.1) is 0 Å². The van der Waals surface area contributed by atoms with E-state index in [0.717, 1.165) is 6.42 Å². The Morgan fingerprint density at radius 2 is 2.00 bits per heavy atom. The first-order valence-electron chi connectivity index (χ1n) is 7.31. The van der Waals surface area contributed by atoms with Crippen molar-refractivity contribution in [2.45, 2.75) is 31.2 Å². The summed E-state index contributed by atoms with van der Waals surface area (Å²) in [5, 5.41) is 2.82. The molecule has 2 N–H and O–H groups in total. The molecular weight excluding hydrogens is 302 g/mol. The number of amides is 1. The van der Waals surface area contributed by atoms with Gasteiger partial charge < -0.3 is 10.2 Å². The van der Waals surface area contributed by atoms with E-state index < -0.39 is 10.0 Å². The number of carbonyl (C=O) groups is 1. The number of nitrogens with zero attached hydrogens (tertiary/aromatic N) is 1. The lowest BCUT2D eigenvalue weighted by Crippen LogP contribution is -2.33. The summed E-state index contributed by atoms with van der Waals surface area (Å²) in [6, 6.07) is 6.11. The summed E-state index contributed by atoms with van der Waals surface area (Å²) in [5.74, 6) is -0.264. The zero-order chi connectivity index (χ0) is 16.8. The predicted octanol–water partition coefficient (Wildman–Crippen LogP) is 1.05. The van der Waals surface area contributed by atoms with Crippen molar-refractivity contribution in [3.8, 4) is 0 Å². The highest BCUT2D eigenvalue weighted by Gasteiger charge is 2.16. The summed E-state index contributed by atoms with van der Waals surface area (Å²) in [4.78, 5) is 14.1. The molecule has 0 radical (unpaired) electrons. The fourth-order valence-electron chi connectivity index (χ4n) is 1.70. The number of sulfonamides is 1. The van der Waals surface area contributed by atoms with Crippen LogP contribution in [0.1, 0.15) is 30.6 Å². The largest absolute Gasteiger partial charge is 0.350 e. The molecule has 0 saturated carbocycles. The summed E-state index contributed by atoms with van der Waals surface area (Å²) in [7, 11) is 0.136. The Morgan fingerprint density at radius 1 is 1.32 bits per heavy atom. The molecule has 0 heterocycles. The number of likely N-dealkylation sites (N-methyl/N-ethyl adjacent to an activating group) is 1. The van der Waals surface area contributed by atoms with Gasteiger partial charge in [-0.15, -0.1) is 0 Å². The van der Waals surface area contributed by atoms with Gasteiger partial charge in [0, 0.05) is 24.7 Å². The van der Waals surface area contributed by atoms with Crippen molar-refractivity contribution in [1.29, 1.82) is 0 Å². The molecule has 6 nitrogen and oxygen atoms in total. The zero-order valence-corrected chi connectivity index (χ0v) is 14.4. The molecule has 0 aliphatic rings. The molecule has 1 atom stereocenters. The minimum absolute atomic E-state index is 0.0472. The summed E-state index contributed by atoms with van der Waals surface area (Å²) in [6.45, 7) is 4.80. The molecule has 0 spiro atoms. The minimum Gasteiger partial charge on any atom is -0.350 e. The molecule has 0 aromatic heterocycles. The van der Waals surface area contributed by atoms with Crippen molar-refractivity contribution >= 4 is 15.9 Å². The highest BCUT2D eigenvalue weighted by atomic mass is 32.2. The van der Waals surface area contributed by atoms with Crippen LogP contribution < -0.4 is 10.0 Å². The molecule has 22 heavy (non-hydrogen) atoms. The third kappa shape index (κ3) is 5.75. The van der Waals surface area contributed by atoms with Crippen LogP contribution in [0.3, 0.4) is 0 Å². The maximum Gasteiger partial charge on any atom is 0.251 e. The highest BCUT2D eigenvalue weighted by Crippen LogP contribution is 2.11. The van der Waals surface area contributed by atoms with Gasteiger partial charge in [-0.3, -0.25) is 4.79 Å². The van der Waals surface area contributed by atoms with Crippen LogP contribution in [0.4, 0.5) is 0 Å². The molecule has 124 valence electrons. The fourth-order valence-corrected chi connectivity index (χ4v) is 2.77. The number of hydrogen-bond acceptors (Lipinski definition) is 4. The van der Waals surface area contributed by atoms with E-state index in [-0.39, 0.29) is 16.8 Å². The number of nitrogens with one attached hydrogen (secondary N) is 2. The van der Waals surface area contributed by atoms with Crippen molar-refractivity contribution in [3.05, 3.63) is 29.8 Å². The van der Waals surface area contributed by atoms with Gasteiger partial charge in [0.15, 0.2) is 0 Å². The maximum atomic E-state index is 12.2. The molecule has 1 rings (SSSR count). The van der Waals surface area contributed by atoms with E-state index in [0.29, 0.717) is 18.7 Å². The molecule has 1 amide bonds. The average Bonchev–Trinajstić information content (AvgIpc) is 2.46. The van der Waals surface area contributed by atoms with Crippen molar-refractivity contribution in [2.24, 2.45) is 0 Å². The number of benzene rings is 1. The summed E-state index contributed by atoms with van der Waals surface area (Å²) in [6.07, 6.45) is 0.815. The van der Waals surface area contributed by atoms with E-state index in [4.69, 9.17) is 0 Å². The van der Waals surface area contributed by atoms with Crippen molar-refractivity contribution in [1.82, 2.24) is 14.9 Å². The topological polar surface area (TPSA) is 78.5 Å². The standard InChI is InChI=1S/C15H25N3O3S/c1-5-12(2)17-15(19)13-7-6-8-14(11-13)22(20,21)16-9-10-18(3)4/h6-8,11-12,16H,5,9-10H2,1-4H3,(H,17,19). The third-order valence-electron chi connectivity index (χ3n) is 3.25. The summed E-state index contributed by atoms with van der Waals surface area (Å²) >= 11 is 0. The second kappa shape index (κ2) is 8.26. The minimum atomic E-state index is -3.60. The lowest BCUT2D eigenvalue weighted by atomic mass is 10.2. The predicted molar refractivity (Wildman–Crippen MR) is 87.4 cm³/mol. The molecule has 0 fully saturated rings.